The van der Waals surface area contributed by atoms with Crippen molar-refractivity contribution in [3.63, 3.8) is 0 Å². The van der Waals surface area contributed by atoms with Crippen LogP contribution < -0.4 is 20.4 Å². The van der Waals surface area contributed by atoms with Crippen molar-refractivity contribution in [2.75, 3.05) is 36.0 Å². The van der Waals surface area contributed by atoms with Gasteiger partial charge in [0.15, 0.2) is 0 Å². The van der Waals surface area contributed by atoms with Crippen LogP contribution in [-0.2, 0) is 5.67 Å². The SMILES string of the molecule is FC1(c2ccccc2)CCN(c2ccc(N3[C@@H](c4ccc5nc([C@@H]6CCCN6)[nH]c5c4)CC[C@H]3c3ccc4nc([C@@H]5CCCN5)[nH]c4c3)cc2)CC1. The molecule has 0 unspecified atom stereocenters. The Balaban J connectivity index is 0.960. The highest BCUT2D eigenvalue weighted by molar-refractivity contribution is 5.78. The Bertz CT molecular complexity index is 2070. The van der Waals surface area contributed by atoms with E-state index < -0.39 is 5.67 Å². The van der Waals surface area contributed by atoms with Crippen molar-refractivity contribution in [3.8, 4) is 0 Å². The molecule has 10 rings (SSSR count). The van der Waals surface area contributed by atoms with Crippen LogP contribution in [0.2, 0.25) is 0 Å². The van der Waals surface area contributed by atoms with Crippen LogP contribution in [0, 0.1) is 0 Å². The molecule has 266 valence electrons. The number of aromatic amines is 2. The molecule has 4 aliphatic heterocycles. The van der Waals surface area contributed by atoms with Gasteiger partial charge in [-0.2, -0.15) is 0 Å². The first-order chi connectivity index (χ1) is 25.6. The first-order valence-corrected chi connectivity index (χ1v) is 19.4. The Morgan fingerprint density at radius 3 is 1.67 bits per heavy atom. The number of imidazole rings is 2. The molecule has 6 aromatic rings. The molecule has 0 saturated carbocycles. The van der Waals surface area contributed by atoms with Gasteiger partial charge in [0.25, 0.3) is 0 Å². The molecule has 4 atom stereocenters. The first kappa shape index (κ1) is 32.0. The topological polar surface area (TPSA) is 87.9 Å². The minimum absolute atomic E-state index is 0.209. The number of nitrogens with zero attached hydrogens (tertiary/aromatic N) is 4. The Labute approximate surface area is 304 Å². The highest BCUT2D eigenvalue weighted by Crippen LogP contribution is 2.48. The van der Waals surface area contributed by atoms with Crippen molar-refractivity contribution in [1.29, 1.82) is 0 Å². The summed E-state index contributed by atoms with van der Waals surface area (Å²) in [5.41, 5.74) is 8.79. The van der Waals surface area contributed by atoms with E-state index in [4.69, 9.17) is 9.97 Å². The number of hydrogen-bond acceptors (Lipinski definition) is 6. The van der Waals surface area contributed by atoms with Gasteiger partial charge in [-0.3, -0.25) is 0 Å². The largest absolute Gasteiger partial charge is 0.371 e. The number of aromatic nitrogens is 4. The molecule has 4 N–H and O–H groups in total. The number of nitrogens with one attached hydrogen (secondary N) is 4. The molecule has 6 heterocycles. The highest BCUT2D eigenvalue weighted by Gasteiger charge is 2.38. The normalized spacial score (nSPS) is 24.8. The number of anilines is 2. The van der Waals surface area contributed by atoms with Crippen LogP contribution in [-0.4, -0.2) is 46.1 Å². The lowest BCUT2D eigenvalue weighted by Gasteiger charge is -2.38. The van der Waals surface area contributed by atoms with Gasteiger partial charge in [-0.05, 0) is 117 Å². The minimum atomic E-state index is -1.26. The molecule has 0 amide bonds. The Morgan fingerprint density at radius 2 is 1.15 bits per heavy atom. The zero-order valence-corrected chi connectivity index (χ0v) is 29.6. The van der Waals surface area contributed by atoms with Crippen LogP contribution in [0.1, 0.15) is 104 Å². The summed E-state index contributed by atoms with van der Waals surface area (Å²) in [7, 11) is 0. The number of halogens is 1. The maximum Gasteiger partial charge on any atom is 0.139 e. The molecule has 8 nitrogen and oxygen atoms in total. The van der Waals surface area contributed by atoms with Gasteiger partial charge in [0.1, 0.15) is 17.3 Å². The Morgan fingerprint density at radius 1 is 0.615 bits per heavy atom. The fourth-order valence-electron chi connectivity index (χ4n) is 9.48. The third-order valence-corrected chi connectivity index (χ3v) is 12.3. The summed E-state index contributed by atoms with van der Waals surface area (Å²) in [6.07, 6.45) is 7.72. The summed E-state index contributed by atoms with van der Waals surface area (Å²) >= 11 is 0. The second-order valence-corrected chi connectivity index (χ2v) is 15.4. The van der Waals surface area contributed by atoms with Gasteiger partial charge in [0.05, 0.1) is 46.2 Å². The lowest BCUT2D eigenvalue weighted by atomic mass is 9.86. The summed E-state index contributed by atoms with van der Waals surface area (Å²) in [4.78, 5) is 22.2. The summed E-state index contributed by atoms with van der Waals surface area (Å²) in [5.74, 6) is 2.10. The second-order valence-electron chi connectivity index (χ2n) is 15.4. The summed E-state index contributed by atoms with van der Waals surface area (Å²) in [6, 6.07) is 33.4. The molecule has 4 fully saturated rings. The molecule has 52 heavy (non-hydrogen) atoms. The monoisotopic (exact) mass is 694 g/mol. The van der Waals surface area contributed by atoms with Gasteiger partial charge in [0.2, 0.25) is 0 Å². The van der Waals surface area contributed by atoms with Gasteiger partial charge in [-0.15, -0.1) is 0 Å². The van der Waals surface area contributed by atoms with Gasteiger partial charge in [0, 0.05) is 37.3 Å². The van der Waals surface area contributed by atoms with Crippen molar-refractivity contribution in [2.45, 2.75) is 81.2 Å². The van der Waals surface area contributed by atoms with Crippen LogP contribution in [0.15, 0.2) is 91.0 Å². The molecule has 4 aromatic carbocycles. The summed E-state index contributed by atoms with van der Waals surface area (Å²) in [5, 5.41) is 7.18. The Hall–Kier alpha value is -4.73. The van der Waals surface area contributed by atoms with E-state index in [0.29, 0.717) is 38.0 Å². The second kappa shape index (κ2) is 13.0. The predicted molar refractivity (Wildman–Crippen MR) is 206 cm³/mol. The number of hydrogen-bond donors (Lipinski definition) is 4. The number of rotatable bonds is 7. The molecule has 4 aliphatic rings. The number of alkyl halides is 1. The molecule has 0 bridgehead atoms. The summed E-state index contributed by atoms with van der Waals surface area (Å²) < 4.78 is 16.0. The lowest BCUT2D eigenvalue weighted by Crippen LogP contribution is -2.40. The van der Waals surface area contributed by atoms with Crippen molar-refractivity contribution >= 4 is 33.4 Å². The average molecular weight is 695 g/mol. The molecule has 9 heteroatoms. The molecular weight excluding hydrogens is 648 g/mol. The molecule has 2 aromatic heterocycles. The van der Waals surface area contributed by atoms with E-state index in [2.05, 4.69) is 91.1 Å². The average Bonchev–Trinajstić information content (AvgIpc) is 4.04. The van der Waals surface area contributed by atoms with Crippen LogP contribution >= 0.6 is 0 Å². The van der Waals surface area contributed by atoms with Gasteiger partial charge in [-0.25, -0.2) is 14.4 Å². The molecule has 0 radical (unpaired) electrons. The predicted octanol–water partition coefficient (Wildman–Crippen LogP) is 8.84. The number of fused-ring (bicyclic) bond motifs is 2. The molecule has 0 aliphatic carbocycles. The van der Waals surface area contributed by atoms with Crippen molar-refractivity contribution in [2.24, 2.45) is 0 Å². The van der Waals surface area contributed by atoms with Crippen molar-refractivity contribution < 1.29 is 4.39 Å². The quantitative estimate of drug-likeness (QED) is 0.134. The fourth-order valence-corrected chi connectivity index (χ4v) is 9.48. The van der Waals surface area contributed by atoms with Gasteiger partial charge < -0.3 is 30.4 Å². The zero-order valence-electron chi connectivity index (χ0n) is 29.6. The van der Waals surface area contributed by atoms with E-state index in [0.717, 1.165) is 83.7 Å². The van der Waals surface area contributed by atoms with E-state index >= 15 is 4.39 Å². The van der Waals surface area contributed by atoms with Crippen LogP contribution in [0.25, 0.3) is 22.1 Å². The van der Waals surface area contributed by atoms with E-state index in [-0.39, 0.29) is 12.1 Å². The highest BCUT2D eigenvalue weighted by atomic mass is 19.1. The Kier molecular flexibility index (Phi) is 8.02. The van der Waals surface area contributed by atoms with E-state index in [1.54, 1.807) is 0 Å². The van der Waals surface area contributed by atoms with Crippen molar-refractivity contribution in [3.05, 3.63) is 119 Å². The van der Waals surface area contributed by atoms with E-state index in [9.17, 15) is 0 Å². The smallest absolute Gasteiger partial charge is 0.139 e. The maximum atomic E-state index is 16.0. The van der Waals surface area contributed by atoms with Crippen LogP contribution in [0.5, 0.6) is 0 Å². The van der Waals surface area contributed by atoms with E-state index in [1.165, 1.54) is 29.7 Å². The molecule has 4 saturated heterocycles. The first-order valence-electron chi connectivity index (χ1n) is 19.4. The van der Waals surface area contributed by atoms with Crippen molar-refractivity contribution in [1.82, 2.24) is 30.6 Å². The number of H-pyrrole nitrogens is 2. The molecule has 0 spiro atoms. The van der Waals surface area contributed by atoms with E-state index in [1.807, 2.05) is 30.3 Å². The van der Waals surface area contributed by atoms with Crippen LogP contribution in [0.3, 0.4) is 0 Å². The third kappa shape index (κ3) is 5.75. The minimum Gasteiger partial charge on any atom is -0.371 e. The molecular formula is C43H47FN8. The maximum absolute atomic E-state index is 16.0. The third-order valence-electron chi connectivity index (χ3n) is 12.3. The lowest BCUT2D eigenvalue weighted by molar-refractivity contribution is 0.125. The van der Waals surface area contributed by atoms with Gasteiger partial charge >= 0.3 is 0 Å². The number of benzene rings is 4. The standard InChI is InChI=1S/C43H47FN8/c44-43(30-6-2-1-3-7-30)20-24-51(25-21-43)31-12-14-32(15-13-31)52-39(28-10-16-33-37(26-28)49-41(47-33)35-8-4-22-45-35)18-19-40(52)29-11-17-34-38(27-29)50-42(48-34)36-9-5-23-46-36/h1-3,6-7,10-17,26-27,35-36,39-40,45-46H,4-5,8-9,18-25H2,(H,47,49)(H,48,50)/t35-,36-,39-,40+/m0/s1. The van der Waals surface area contributed by atoms with Gasteiger partial charge in [-0.1, -0.05) is 42.5 Å². The van der Waals surface area contributed by atoms with Crippen LogP contribution in [0.4, 0.5) is 15.8 Å². The number of piperidine rings is 1. The fraction of sp³-hybridized carbons (Fsp3) is 0.395. The summed E-state index contributed by atoms with van der Waals surface area (Å²) in [6.45, 7) is 3.50. The zero-order chi connectivity index (χ0) is 34.6.